The Bertz CT molecular complexity index is 547. The first kappa shape index (κ1) is 33.2. The van der Waals surface area contributed by atoms with E-state index in [1.807, 2.05) is 0 Å². The zero-order valence-corrected chi connectivity index (χ0v) is 25.4. The van der Waals surface area contributed by atoms with Crippen LogP contribution in [0.15, 0.2) is 24.4 Å². The van der Waals surface area contributed by atoms with Crippen LogP contribution in [-0.2, 0) is 0 Å². The Morgan fingerprint density at radius 2 is 1.31 bits per heavy atom. The molecule has 0 saturated carbocycles. The maximum Gasteiger partial charge on any atom is 0.0177 e. The molecule has 1 N–H and O–H groups in total. The molecule has 0 aromatic rings. The van der Waals surface area contributed by atoms with Crippen molar-refractivity contribution < 1.29 is 0 Å². The predicted molar refractivity (Wildman–Crippen MR) is 162 cm³/mol. The van der Waals surface area contributed by atoms with Crippen LogP contribution in [0, 0.1) is 17.8 Å². The highest BCUT2D eigenvalue weighted by Crippen LogP contribution is 2.25. The molecule has 0 atom stereocenters. The van der Waals surface area contributed by atoms with Gasteiger partial charge >= 0.3 is 0 Å². The number of rotatable bonds is 10. The van der Waals surface area contributed by atoms with Crippen molar-refractivity contribution >= 4 is 0 Å². The van der Waals surface area contributed by atoms with Crippen LogP contribution in [0.2, 0.25) is 0 Å². The van der Waals surface area contributed by atoms with Crippen molar-refractivity contribution in [1.82, 2.24) is 20.0 Å². The fraction of sp³-hybridized carbons (Fsp3) is 0.875. The lowest BCUT2D eigenvalue weighted by Crippen LogP contribution is -2.40. The SMILES string of the molecule is C=C(C)C1CCN(CC2CCNCC2)CC1.C=C(C)N1CCC(CN(CCC)CCC)CC1.CCC. The average Bonchev–Trinajstić information content (AvgIpc) is 2.86. The summed E-state index contributed by atoms with van der Waals surface area (Å²) in [6.07, 6.45) is 11.9. The quantitative estimate of drug-likeness (QED) is 0.322. The average molecular weight is 505 g/mol. The van der Waals surface area contributed by atoms with Crippen LogP contribution < -0.4 is 5.32 Å². The van der Waals surface area contributed by atoms with E-state index in [9.17, 15) is 0 Å². The minimum absolute atomic E-state index is 0.796. The lowest BCUT2D eigenvalue weighted by Gasteiger charge is -2.36. The van der Waals surface area contributed by atoms with Gasteiger partial charge in [-0.15, -0.1) is 0 Å². The van der Waals surface area contributed by atoms with Crippen LogP contribution in [0.25, 0.3) is 0 Å². The van der Waals surface area contributed by atoms with Crippen LogP contribution in [0.3, 0.4) is 0 Å². The van der Waals surface area contributed by atoms with Gasteiger partial charge < -0.3 is 20.0 Å². The summed E-state index contributed by atoms with van der Waals surface area (Å²) < 4.78 is 0. The number of nitrogens with one attached hydrogen (secondary N) is 1. The van der Waals surface area contributed by atoms with Gasteiger partial charge in [-0.2, -0.15) is 0 Å². The van der Waals surface area contributed by atoms with Crippen molar-refractivity contribution in [2.75, 3.05) is 65.4 Å². The standard InChI is InChI=1S/C15H30N2.C14H26N2.C3H8/c1-5-9-16(10-6-2)13-15-7-11-17(12-8-15)14(3)4;1-12(2)14-5-9-16(10-6-14)11-13-3-7-15-8-4-13;1-3-2/h15H,3,5-13H2,1-2,4H3;13-15H,1,3-11H2,2H3;3H2,1-2H3. The van der Waals surface area contributed by atoms with Crippen molar-refractivity contribution in [3.8, 4) is 0 Å². The summed E-state index contributed by atoms with van der Waals surface area (Å²) in [4.78, 5) is 7.76. The van der Waals surface area contributed by atoms with E-state index >= 15 is 0 Å². The molecule has 4 nitrogen and oxygen atoms in total. The summed E-state index contributed by atoms with van der Waals surface area (Å²) in [7, 11) is 0. The molecular weight excluding hydrogens is 440 g/mol. The van der Waals surface area contributed by atoms with Gasteiger partial charge in [-0.1, -0.05) is 52.8 Å². The molecule has 0 aliphatic carbocycles. The van der Waals surface area contributed by atoms with E-state index in [4.69, 9.17) is 0 Å². The Morgan fingerprint density at radius 1 is 0.778 bits per heavy atom. The molecule has 0 aromatic carbocycles. The van der Waals surface area contributed by atoms with Crippen LogP contribution in [0.1, 0.15) is 99.3 Å². The fourth-order valence-corrected chi connectivity index (χ4v) is 5.83. The third kappa shape index (κ3) is 14.2. The molecule has 3 heterocycles. The van der Waals surface area contributed by atoms with E-state index in [1.165, 1.54) is 135 Å². The van der Waals surface area contributed by atoms with Gasteiger partial charge in [-0.25, -0.2) is 0 Å². The molecule has 4 heteroatoms. The van der Waals surface area contributed by atoms with Gasteiger partial charge in [0.1, 0.15) is 0 Å². The molecule has 3 rings (SSSR count). The zero-order chi connectivity index (χ0) is 26.8. The molecule has 3 fully saturated rings. The van der Waals surface area contributed by atoms with Crippen molar-refractivity contribution in [1.29, 1.82) is 0 Å². The largest absolute Gasteiger partial charge is 0.376 e. The van der Waals surface area contributed by atoms with Crippen molar-refractivity contribution in [3.63, 3.8) is 0 Å². The number of hydrogen-bond donors (Lipinski definition) is 1. The maximum atomic E-state index is 4.09. The Labute approximate surface area is 226 Å². The molecule has 0 unspecified atom stereocenters. The summed E-state index contributed by atoms with van der Waals surface area (Å²) in [5.74, 6) is 2.65. The Hall–Kier alpha value is -0.840. The molecule has 212 valence electrons. The number of allylic oxidation sites excluding steroid dienone is 2. The summed E-state index contributed by atoms with van der Waals surface area (Å²) in [6, 6.07) is 0. The van der Waals surface area contributed by atoms with Crippen LogP contribution in [0.5, 0.6) is 0 Å². The lowest BCUT2D eigenvalue weighted by atomic mass is 9.89. The Balaban J connectivity index is 0.000000325. The van der Waals surface area contributed by atoms with Crippen LogP contribution in [-0.4, -0.2) is 80.1 Å². The minimum Gasteiger partial charge on any atom is -0.376 e. The van der Waals surface area contributed by atoms with Crippen molar-refractivity contribution in [3.05, 3.63) is 24.4 Å². The van der Waals surface area contributed by atoms with E-state index < -0.39 is 0 Å². The van der Waals surface area contributed by atoms with Gasteiger partial charge in [0.25, 0.3) is 0 Å². The van der Waals surface area contributed by atoms with Crippen molar-refractivity contribution in [2.24, 2.45) is 17.8 Å². The first-order valence-electron chi connectivity index (χ1n) is 15.6. The summed E-state index contributed by atoms with van der Waals surface area (Å²) in [5.41, 5.74) is 2.63. The zero-order valence-electron chi connectivity index (χ0n) is 25.4. The number of nitrogens with zero attached hydrogens (tertiary/aromatic N) is 3. The first-order valence-corrected chi connectivity index (χ1v) is 15.6. The monoisotopic (exact) mass is 505 g/mol. The van der Waals surface area contributed by atoms with Gasteiger partial charge in [0.15, 0.2) is 0 Å². The molecule has 0 amide bonds. The topological polar surface area (TPSA) is 21.8 Å². The van der Waals surface area contributed by atoms with E-state index in [0.29, 0.717) is 0 Å². The first-order chi connectivity index (χ1) is 17.3. The summed E-state index contributed by atoms with van der Waals surface area (Å²) in [6.45, 7) is 33.9. The molecule has 0 radical (unpaired) electrons. The Kier molecular flexibility index (Phi) is 18.6. The van der Waals surface area contributed by atoms with E-state index in [1.54, 1.807) is 0 Å². The second-order valence-electron chi connectivity index (χ2n) is 11.8. The molecule has 36 heavy (non-hydrogen) atoms. The van der Waals surface area contributed by atoms with Gasteiger partial charge in [-0.3, -0.25) is 0 Å². The van der Waals surface area contributed by atoms with Gasteiger partial charge in [0.05, 0.1) is 0 Å². The maximum absolute atomic E-state index is 4.09. The van der Waals surface area contributed by atoms with Crippen molar-refractivity contribution in [2.45, 2.75) is 99.3 Å². The summed E-state index contributed by atoms with van der Waals surface area (Å²) >= 11 is 0. The summed E-state index contributed by atoms with van der Waals surface area (Å²) in [5, 5.41) is 3.44. The number of hydrogen-bond acceptors (Lipinski definition) is 4. The predicted octanol–water partition coefficient (Wildman–Crippen LogP) is 7.04. The minimum atomic E-state index is 0.796. The van der Waals surface area contributed by atoms with Gasteiger partial charge in [0, 0.05) is 31.9 Å². The molecule has 3 aliphatic rings. The third-order valence-electron chi connectivity index (χ3n) is 8.01. The molecule has 0 bridgehead atoms. The highest BCUT2D eigenvalue weighted by Gasteiger charge is 2.23. The second kappa shape index (κ2) is 20.2. The van der Waals surface area contributed by atoms with Crippen LogP contribution >= 0.6 is 0 Å². The van der Waals surface area contributed by atoms with Crippen LogP contribution in [0.4, 0.5) is 0 Å². The highest BCUT2D eigenvalue weighted by atomic mass is 15.2. The Morgan fingerprint density at radius 3 is 1.75 bits per heavy atom. The smallest absolute Gasteiger partial charge is 0.0177 e. The third-order valence-corrected chi connectivity index (χ3v) is 8.01. The molecule has 3 saturated heterocycles. The normalized spacial score (nSPS) is 20.4. The fourth-order valence-electron chi connectivity index (χ4n) is 5.83. The van der Waals surface area contributed by atoms with E-state index in [0.717, 1.165) is 17.8 Å². The van der Waals surface area contributed by atoms with Gasteiger partial charge in [0.2, 0.25) is 0 Å². The molecular formula is C32H64N4. The number of likely N-dealkylation sites (tertiary alicyclic amines) is 2. The van der Waals surface area contributed by atoms with E-state index in [-0.39, 0.29) is 0 Å². The number of piperidine rings is 3. The molecule has 3 aliphatic heterocycles. The lowest BCUT2D eigenvalue weighted by molar-refractivity contribution is 0.158. The highest BCUT2D eigenvalue weighted by molar-refractivity contribution is 4.98. The second-order valence-corrected chi connectivity index (χ2v) is 11.8. The molecule has 0 spiro atoms. The van der Waals surface area contributed by atoms with E-state index in [2.05, 4.69) is 74.7 Å². The molecule has 0 aromatic heterocycles. The van der Waals surface area contributed by atoms with Gasteiger partial charge in [-0.05, 0) is 122 Å².